The topological polar surface area (TPSA) is 106 Å². The van der Waals surface area contributed by atoms with Gasteiger partial charge in [0.2, 0.25) is 11.8 Å². The first-order chi connectivity index (χ1) is 21.9. The number of anilines is 1. The van der Waals surface area contributed by atoms with Crippen LogP contribution in [0.2, 0.25) is 0 Å². The Kier molecular flexibility index (Phi) is 10.3. The third kappa shape index (κ3) is 7.64. The van der Waals surface area contributed by atoms with E-state index < -0.39 is 5.92 Å². The number of nitrogens with zero attached hydrogens (tertiary/aromatic N) is 4. The Bertz CT molecular complexity index is 1370. The molecule has 10 nitrogen and oxygen atoms in total. The van der Waals surface area contributed by atoms with E-state index in [2.05, 4.69) is 32.2 Å². The van der Waals surface area contributed by atoms with E-state index in [0.29, 0.717) is 62.5 Å². The second kappa shape index (κ2) is 14.5. The molecule has 3 fully saturated rings. The second-order valence-corrected chi connectivity index (χ2v) is 13.6. The number of carbonyl (C=O) groups excluding carboxylic acids is 3. The Morgan fingerprint density at radius 2 is 1.64 bits per heavy atom. The van der Waals surface area contributed by atoms with Crippen molar-refractivity contribution in [3.05, 3.63) is 58.1 Å². The summed E-state index contributed by atoms with van der Waals surface area (Å²) in [5, 5.41) is 13.1. The largest absolute Gasteiger partial charge is 0.507 e. The van der Waals surface area contributed by atoms with Gasteiger partial charge in [-0.3, -0.25) is 14.5 Å². The van der Waals surface area contributed by atoms with Crippen molar-refractivity contribution >= 4 is 39.5 Å². The fourth-order valence-electron chi connectivity index (χ4n) is 7.33. The van der Waals surface area contributed by atoms with Crippen molar-refractivity contribution < 1.29 is 24.2 Å². The minimum atomic E-state index is -0.490. The normalized spacial score (nSPS) is 21.2. The van der Waals surface area contributed by atoms with Gasteiger partial charge < -0.3 is 29.9 Å². The number of para-hydroxylation sites is 1. The molecule has 0 aliphatic carbocycles. The van der Waals surface area contributed by atoms with Crippen LogP contribution in [0.3, 0.4) is 0 Å². The van der Waals surface area contributed by atoms with Crippen molar-refractivity contribution in [3.63, 3.8) is 0 Å². The molecule has 4 heterocycles. The number of phenolic OH excluding ortho intramolecular Hbond substituents is 1. The van der Waals surface area contributed by atoms with E-state index in [0.717, 1.165) is 62.4 Å². The molecule has 1 atom stereocenters. The molecule has 45 heavy (non-hydrogen) atoms. The number of carbonyl (C=O) groups is 3. The molecular weight excluding hydrogens is 638 g/mol. The van der Waals surface area contributed by atoms with E-state index in [9.17, 15) is 19.5 Å². The number of aromatic hydroxyl groups is 1. The highest BCUT2D eigenvalue weighted by atomic mass is 79.9. The number of benzene rings is 2. The number of fused-ring (bicyclic) bond motifs is 1. The number of piperazine rings is 1. The van der Waals surface area contributed by atoms with Crippen LogP contribution in [-0.4, -0.2) is 114 Å². The highest BCUT2D eigenvalue weighted by molar-refractivity contribution is 9.10. The standard InChI is InChI=1S/C34H44BrN5O5/c35-29-22-24(5-6-31(29)41)21-26(33(43)39-17-15-37(16-18-39)27-10-19-45-20-11-27)23-32(42)38-12-8-28(9-13-38)40-14-7-25-3-1-2-4-30(25)36-34(40)44/h1-6,22,26-28,41H,7-21,23H2,(H,36,44)/t26-/m0/s1. The molecule has 2 aromatic carbocycles. The molecule has 0 saturated carbocycles. The summed E-state index contributed by atoms with van der Waals surface area (Å²) in [5.41, 5.74) is 2.92. The molecule has 0 radical (unpaired) electrons. The fourth-order valence-corrected chi connectivity index (χ4v) is 7.76. The van der Waals surface area contributed by atoms with Crippen LogP contribution < -0.4 is 5.32 Å². The zero-order valence-corrected chi connectivity index (χ0v) is 27.4. The molecule has 4 aliphatic rings. The molecule has 2 aromatic rings. The van der Waals surface area contributed by atoms with Gasteiger partial charge in [-0.1, -0.05) is 24.3 Å². The Morgan fingerprint density at radius 1 is 0.911 bits per heavy atom. The monoisotopic (exact) mass is 681 g/mol. The first-order valence-electron chi connectivity index (χ1n) is 16.4. The first kappa shape index (κ1) is 31.8. The predicted octanol–water partition coefficient (Wildman–Crippen LogP) is 4.11. The van der Waals surface area contributed by atoms with E-state index in [1.807, 2.05) is 45.0 Å². The highest BCUT2D eigenvalue weighted by Crippen LogP contribution is 2.29. The van der Waals surface area contributed by atoms with E-state index in [1.54, 1.807) is 6.07 Å². The van der Waals surface area contributed by atoms with Crippen molar-refractivity contribution in [2.45, 2.75) is 57.0 Å². The molecule has 0 unspecified atom stereocenters. The maximum atomic E-state index is 14.0. The average Bonchev–Trinajstić information content (AvgIpc) is 3.24. The van der Waals surface area contributed by atoms with Crippen molar-refractivity contribution in [2.24, 2.45) is 5.92 Å². The lowest BCUT2D eigenvalue weighted by atomic mass is 9.92. The summed E-state index contributed by atoms with van der Waals surface area (Å²) in [6, 6.07) is 13.7. The van der Waals surface area contributed by atoms with Gasteiger partial charge in [-0.05, 0) is 83.8 Å². The van der Waals surface area contributed by atoms with Crippen LogP contribution in [-0.2, 0) is 27.2 Å². The molecule has 0 bridgehead atoms. The van der Waals surface area contributed by atoms with Crippen LogP contribution in [0.1, 0.15) is 43.2 Å². The van der Waals surface area contributed by atoms with Crippen molar-refractivity contribution in [2.75, 3.05) is 64.3 Å². The van der Waals surface area contributed by atoms with Gasteiger partial charge in [0.05, 0.1) is 10.4 Å². The van der Waals surface area contributed by atoms with E-state index in [1.165, 1.54) is 0 Å². The number of piperidine rings is 1. The molecule has 6 rings (SSSR count). The van der Waals surface area contributed by atoms with Crippen LogP contribution in [0.5, 0.6) is 5.75 Å². The highest BCUT2D eigenvalue weighted by Gasteiger charge is 2.35. The Morgan fingerprint density at radius 3 is 2.38 bits per heavy atom. The third-order valence-corrected chi connectivity index (χ3v) is 10.6. The molecule has 242 valence electrons. The van der Waals surface area contributed by atoms with Crippen LogP contribution in [0, 0.1) is 5.92 Å². The van der Waals surface area contributed by atoms with Gasteiger partial charge in [0.1, 0.15) is 5.75 Å². The number of nitrogens with one attached hydrogen (secondary N) is 1. The summed E-state index contributed by atoms with van der Waals surface area (Å²) in [6.07, 6.45) is 4.87. The Labute approximate surface area is 273 Å². The van der Waals surface area contributed by atoms with Gasteiger partial charge in [0, 0.05) is 83.2 Å². The van der Waals surface area contributed by atoms with Crippen LogP contribution in [0.15, 0.2) is 46.9 Å². The van der Waals surface area contributed by atoms with Crippen molar-refractivity contribution in [1.29, 1.82) is 0 Å². The molecule has 4 aliphatic heterocycles. The fraction of sp³-hybridized carbons (Fsp3) is 0.559. The third-order valence-electron chi connectivity index (χ3n) is 10.00. The minimum absolute atomic E-state index is 0.0155. The van der Waals surface area contributed by atoms with Crippen molar-refractivity contribution in [3.8, 4) is 5.75 Å². The maximum absolute atomic E-state index is 14.0. The van der Waals surface area contributed by atoms with E-state index in [-0.39, 0.29) is 36.1 Å². The minimum Gasteiger partial charge on any atom is -0.507 e. The van der Waals surface area contributed by atoms with Gasteiger partial charge in [-0.2, -0.15) is 0 Å². The summed E-state index contributed by atoms with van der Waals surface area (Å²) >= 11 is 3.40. The summed E-state index contributed by atoms with van der Waals surface area (Å²) in [4.78, 5) is 49.0. The zero-order valence-electron chi connectivity index (χ0n) is 25.8. The number of urea groups is 1. The van der Waals surface area contributed by atoms with Gasteiger partial charge in [0.25, 0.3) is 0 Å². The quantitative estimate of drug-likeness (QED) is 0.456. The van der Waals surface area contributed by atoms with Gasteiger partial charge in [-0.25, -0.2) is 4.79 Å². The first-order valence-corrected chi connectivity index (χ1v) is 17.2. The number of ether oxygens (including phenoxy) is 1. The molecule has 0 aromatic heterocycles. The lowest BCUT2D eigenvalue weighted by Gasteiger charge is -2.41. The van der Waals surface area contributed by atoms with E-state index in [4.69, 9.17) is 4.74 Å². The van der Waals surface area contributed by atoms with Crippen LogP contribution >= 0.6 is 15.9 Å². The molecular formula is C34H44BrN5O5. The smallest absolute Gasteiger partial charge is 0.322 e. The second-order valence-electron chi connectivity index (χ2n) is 12.7. The average molecular weight is 683 g/mol. The number of rotatable bonds is 7. The molecule has 4 amide bonds. The molecule has 0 spiro atoms. The Balaban J connectivity index is 1.07. The number of amides is 4. The number of halogens is 1. The zero-order chi connectivity index (χ0) is 31.3. The summed E-state index contributed by atoms with van der Waals surface area (Å²) in [5.74, 6) is -0.337. The van der Waals surface area contributed by atoms with E-state index >= 15 is 0 Å². The van der Waals surface area contributed by atoms with Crippen LogP contribution in [0.25, 0.3) is 0 Å². The molecule has 2 N–H and O–H groups in total. The maximum Gasteiger partial charge on any atom is 0.322 e. The summed E-state index contributed by atoms with van der Waals surface area (Å²) < 4.78 is 6.11. The summed E-state index contributed by atoms with van der Waals surface area (Å²) in [6.45, 7) is 6.38. The van der Waals surface area contributed by atoms with Gasteiger partial charge in [0.15, 0.2) is 0 Å². The number of hydrogen-bond acceptors (Lipinski definition) is 6. The summed E-state index contributed by atoms with van der Waals surface area (Å²) in [7, 11) is 0. The molecule has 11 heteroatoms. The number of phenols is 1. The van der Waals surface area contributed by atoms with Crippen LogP contribution in [0.4, 0.5) is 10.5 Å². The number of likely N-dealkylation sites (tertiary alicyclic amines) is 1. The van der Waals surface area contributed by atoms with Gasteiger partial charge >= 0.3 is 6.03 Å². The molecule has 3 saturated heterocycles. The lowest BCUT2D eigenvalue weighted by Crippen LogP contribution is -2.54. The van der Waals surface area contributed by atoms with Crippen molar-refractivity contribution in [1.82, 2.24) is 19.6 Å². The lowest BCUT2D eigenvalue weighted by molar-refractivity contribution is -0.143. The Hall–Kier alpha value is -3.15. The number of hydrogen-bond donors (Lipinski definition) is 2. The SMILES string of the molecule is O=C(C[C@H](Cc1ccc(O)c(Br)c1)C(=O)N1CCN(C2CCOCC2)CC1)N1CCC(N2CCc3ccccc3NC2=O)CC1. The van der Waals surface area contributed by atoms with Gasteiger partial charge in [-0.15, -0.1) is 0 Å². The predicted molar refractivity (Wildman–Crippen MR) is 175 cm³/mol.